The van der Waals surface area contributed by atoms with Crippen LogP contribution in [0.4, 0.5) is 17.1 Å². The third-order valence-corrected chi connectivity index (χ3v) is 13.9. The first kappa shape index (κ1) is 41.5. The fourth-order valence-corrected chi connectivity index (χ4v) is 10.4. The standard InChI is InChI=1S/C64H58N2/c1-62(2,3)45-36-46(63(4,5)6)38-47(37-45)65(59-40-53(42-22-14-11-15-23-42)52(39-54(59)64(7,8)9)41-20-12-10-13-21-41)57-34-30-43-29-33-51-58(35-31-44-28-32-50(57)60(43)61(44)51)66-55-26-18-16-24-48(55)49-25-17-19-27-56(49)66/h10-40H,1-9H3. The summed E-state index contributed by atoms with van der Waals surface area (Å²) in [6, 6.07) is 70.8. The van der Waals surface area contributed by atoms with Gasteiger partial charge in [0.25, 0.3) is 0 Å². The van der Waals surface area contributed by atoms with Gasteiger partial charge in [0.2, 0.25) is 0 Å². The number of fused-ring (bicyclic) bond motifs is 3. The van der Waals surface area contributed by atoms with Crippen LogP contribution in [-0.4, -0.2) is 4.57 Å². The minimum atomic E-state index is -0.207. The first-order chi connectivity index (χ1) is 31.6. The summed E-state index contributed by atoms with van der Waals surface area (Å²) in [5, 5.41) is 10.1. The van der Waals surface area contributed by atoms with Crippen molar-refractivity contribution in [1.29, 1.82) is 0 Å². The Balaban J connectivity index is 1.26. The Morgan fingerprint density at radius 3 is 1.38 bits per heavy atom. The predicted octanol–water partition coefficient (Wildman–Crippen LogP) is 18.4. The zero-order valence-corrected chi connectivity index (χ0v) is 39.8. The number of para-hydroxylation sites is 2. The molecule has 2 heteroatoms. The third kappa shape index (κ3) is 6.85. The summed E-state index contributed by atoms with van der Waals surface area (Å²) >= 11 is 0. The van der Waals surface area contributed by atoms with E-state index < -0.39 is 0 Å². The Hall–Kier alpha value is -7.16. The molecule has 10 aromatic carbocycles. The summed E-state index contributed by atoms with van der Waals surface area (Å²) in [6.45, 7) is 21.2. The van der Waals surface area contributed by atoms with Crippen LogP contribution in [0.1, 0.15) is 79.0 Å². The Morgan fingerprint density at radius 1 is 0.364 bits per heavy atom. The van der Waals surface area contributed by atoms with E-state index in [0.29, 0.717) is 0 Å². The van der Waals surface area contributed by atoms with E-state index in [4.69, 9.17) is 0 Å². The van der Waals surface area contributed by atoms with E-state index >= 15 is 0 Å². The largest absolute Gasteiger partial charge is 0.310 e. The van der Waals surface area contributed by atoms with Crippen LogP contribution in [0.3, 0.4) is 0 Å². The average molecular weight is 855 g/mol. The zero-order chi connectivity index (χ0) is 45.7. The van der Waals surface area contributed by atoms with Gasteiger partial charge in [-0.25, -0.2) is 0 Å². The van der Waals surface area contributed by atoms with Gasteiger partial charge in [0.1, 0.15) is 0 Å². The quantitative estimate of drug-likeness (QED) is 0.151. The number of nitrogens with zero attached hydrogens (tertiary/aromatic N) is 2. The van der Waals surface area contributed by atoms with E-state index in [2.05, 4.69) is 260 Å². The number of rotatable bonds is 6. The van der Waals surface area contributed by atoms with Crippen molar-refractivity contribution in [3.8, 4) is 27.9 Å². The van der Waals surface area contributed by atoms with Crippen LogP contribution in [0, 0.1) is 0 Å². The maximum atomic E-state index is 2.62. The molecule has 11 aromatic rings. The van der Waals surface area contributed by atoms with E-state index in [1.54, 1.807) is 0 Å². The molecule has 0 unspecified atom stereocenters. The van der Waals surface area contributed by atoms with Crippen molar-refractivity contribution >= 4 is 71.2 Å². The molecular weight excluding hydrogens is 797 g/mol. The molecule has 0 bridgehead atoms. The van der Waals surface area contributed by atoms with Gasteiger partial charge in [-0.1, -0.05) is 202 Å². The molecule has 0 N–H and O–H groups in total. The zero-order valence-electron chi connectivity index (χ0n) is 39.8. The minimum absolute atomic E-state index is 0.0766. The van der Waals surface area contributed by atoms with Crippen molar-refractivity contribution in [3.63, 3.8) is 0 Å². The number of benzene rings is 10. The van der Waals surface area contributed by atoms with Gasteiger partial charge in [0.15, 0.2) is 0 Å². The van der Waals surface area contributed by atoms with E-state index in [9.17, 15) is 0 Å². The molecule has 0 aliphatic rings. The summed E-state index contributed by atoms with van der Waals surface area (Å²) in [6.07, 6.45) is 0. The maximum absolute atomic E-state index is 2.62. The molecule has 66 heavy (non-hydrogen) atoms. The lowest BCUT2D eigenvalue weighted by Gasteiger charge is -2.36. The highest BCUT2D eigenvalue weighted by Crippen LogP contribution is 2.51. The lowest BCUT2D eigenvalue weighted by Crippen LogP contribution is -2.22. The number of hydrogen-bond acceptors (Lipinski definition) is 1. The van der Waals surface area contributed by atoms with Crippen molar-refractivity contribution in [2.75, 3.05) is 4.90 Å². The highest BCUT2D eigenvalue weighted by molar-refractivity contribution is 6.27. The summed E-state index contributed by atoms with van der Waals surface area (Å²) in [7, 11) is 0. The van der Waals surface area contributed by atoms with Crippen molar-refractivity contribution in [1.82, 2.24) is 4.57 Å². The Kier molecular flexibility index (Phi) is 9.57. The summed E-state index contributed by atoms with van der Waals surface area (Å²) < 4.78 is 2.48. The van der Waals surface area contributed by atoms with Crippen LogP contribution in [0.25, 0.3) is 82.1 Å². The maximum Gasteiger partial charge on any atom is 0.0541 e. The van der Waals surface area contributed by atoms with Crippen LogP contribution >= 0.6 is 0 Å². The number of anilines is 3. The van der Waals surface area contributed by atoms with Crippen molar-refractivity contribution in [3.05, 3.63) is 205 Å². The molecule has 0 atom stereocenters. The number of aromatic nitrogens is 1. The Labute approximate surface area is 390 Å². The molecule has 0 aliphatic carbocycles. The molecule has 324 valence electrons. The highest BCUT2D eigenvalue weighted by Gasteiger charge is 2.30. The summed E-state index contributed by atoms with van der Waals surface area (Å²) in [5.41, 5.74) is 15.6. The van der Waals surface area contributed by atoms with Crippen molar-refractivity contribution < 1.29 is 0 Å². The van der Waals surface area contributed by atoms with Gasteiger partial charge < -0.3 is 9.47 Å². The molecular formula is C64H58N2. The molecule has 1 aromatic heterocycles. The molecule has 0 saturated carbocycles. The van der Waals surface area contributed by atoms with Crippen LogP contribution < -0.4 is 4.90 Å². The molecule has 0 aliphatic heterocycles. The lowest BCUT2D eigenvalue weighted by atomic mass is 9.79. The van der Waals surface area contributed by atoms with Crippen molar-refractivity contribution in [2.24, 2.45) is 0 Å². The Bertz CT molecular complexity index is 3540. The van der Waals surface area contributed by atoms with Gasteiger partial charge in [-0.2, -0.15) is 0 Å². The van der Waals surface area contributed by atoms with Gasteiger partial charge in [0.05, 0.1) is 28.1 Å². The topological polar surface area (TPSA) is 8.17 Å². The summed E-state index contributed by atoms with van der Waals surface area (Å²) in [5.74, 6) is 0. The van der Waals surface area contributed by atoms with Crippen LogP contribution in [0.2, 0.25) is 0 Å². The molecule has 0 radical (unpaired) electrons. The van der Waals surface area contributed by atoms with Crippen LogP contribution in [0.5, 0.6) is 0 Å². The lowest BCUT2D eigenvalue weighted by molar-refractivity contribution is 0.568. The fourth-order valence-electron chi connectivity index (χ4n) is 10.4. The smallest absolute Gasteiger partial charge is 0.0541 e. The van der Waals surface area contributed by atoms with Crippen molar-refractivity contribution in [2.45, 2.75) is 78.6 Å². The van der Waals surface area contributed by atoms with E-state index in [1.165, 1.54) is 116 Å². The van der Waals surface area contributed by atoms with E-state index in [-0.39, 0.29) is 16.2 Å². The molecule has 11 rings (SSSR count). The SMILES string of the molecule is CC(C)(C)c1cc(N(c2cc(-c3ccccc3)c(-c3ccccc3)cc2C(C)(C)C)c2ccc3ccc4c(-n5c6ccccc6c6ccccc65)ccc5ccc2c3c54)cc(C(C)(C)C)c1. The molecule has 2 nitrogen and oxygen atoms in total. The van der Waals surface area contributed by atoms with Gasteiger partial charge in [0, 0.05) is 27.2 Å². The molecule has 0 fully saturated rings. The monoisotopic (exact) mass is 854 g/mol. The first-order valence-electron chi connectivity index (χ1n) is 23.6. The van der Waals surface area contributed by atoms with Crippen LogP contribution in [-0.2, 0) is 16.2 Å². The summed E-state index contributed by atoms with van der Waals surface area (Å²) in [4.78, 5) is 2.62. The van der Waals surface area contributed by atoms with Gasteiger partial charge in [-0.15, -0.1) is 0 Å². The van der Waals surface area contributed by atoms with E-state index in [1.807, 2.05) is 0 Å². The average Bonchev–Trinajstić information content (AvgIpc) is 3.64. The minimum Gasteiger partial charge on any atom is -0.310 e. The molecule has 0 spiro atoms. The molecule has 1 heterocycles. The fraction of sp³-hybridized carbons (Fsp3) is 0.188. The highest BCUT2D eigenvalue weighted by atomic mass is 15.1. The van der Waals surface area contributed by atoms with E-state index in [0.717, 1.165) is 0 Å². The second-order valence-electron chi connectivity index (χ2n) is 21.5. The van der Waals surface area contributed by atoms with Gasteiger partial charge >= 0.3 is 0 Å². The van der Waals surface area contributed by atoms with Gasteiger partial charge in [-0.05, 0) is 125 Å². The second-order valence-corrected chi connectivity index (χ2v) is 21.5. The normalized spacial score (nSPS) is 12.6. The second kappa shape index (κ2) is 15.2. The predicted molar refractivity (Wildman–Crippen MR) is 286 cm³/mol. The molecule has 0 saturated heterocycles. The first-order valence-corrected chi connectivity index (χ1v) is 23.6. The van der Waals surface area contributed by atoms with Gasteiger partial charge in [-0.3, -0.25) is 0 Å². The Morgan fingerprint density at radius 2 is 0.833 bits per heavy atom. The number of hydrogen-bond donors (Lipinski definition) is 0. The van der Waals surface area contributed by atoms with Crippen LogP contribution in [0.15, 0.2) is 188 Å². The third-order valence-electron chi connectivity index (χ3n) is 13.9. The molecule has 0 amide bonds.